The van der Waals surface area contributed by atoms with Crippen LogP contribution in [0.2, 0.25) is 0 Å². The second-order valence-corrected chi connectivity index (χ2v) is 5.44. The normalized spacial score (nSPS) is 10.5. The fourth-order valence-electron chi connectivity index (χ4n) is 2.05. The molecule has 0 unspecified atom stereocenters. The molecular formula is C19H23N3O4. The van der Waals surface area contributed by atoms with Crippen molar-refractivity contribution in [3.63, 3.8) is 0 Å². The fraction of sp³-hybridized carbons (Fsp3) is 0.263. The van der Waals surface area contributed by atoms with Crippen LogP contribution >= 0.6 is 0 Å². The van der Waals surface area contributed by atoms with E-state index in [9.17, 15) is 9.90 Å². The number of ether oxygens (including phenoxy) is 2. The number of phenols is 1. The zero-order valence-electron chi connectivity index (χ0n) is 14.9. The lowest BCUT2D eigenvalue weighted by Crippen LogP contribution is -2.25. The number of amides is 1. The van der Waals surface area contributed by atoms with E-state index in [4.69, 9.17) is 9.47 Å². The summed E-state index contributed by atoms with van der Waals surface area (Å²) in [7, 11) is 1.59. The monoisotopic (exact) mass is 357 g/mol. The van der Waals surface area contributed by atoms with Gasteiger partial charge in [-0.3, -0.25) is 4.79 Å². The van der Waals surface area contributed by atoms with Crippen LogP contribution in [0.1, 0.15) is 18.9 Å². The molecule has 0 aliphatic carbocycles. The number of benzene rings is 2. The maximum absolute atomic E-state index is 11.8. The first-order valence-corrected chi connectivity index (χ1v) is 8.28. The minimum atomic E-state index is -0.306. The maximum atomic E-state index is 11.8. The summed E-state index contributed by atoms with van der Waals surface area (Å²) in [6.45, 7) is 2.66. The average molecular weight is 357 g/mol. The van der Waals surface area contributed by atoms with Gasteiger partial charge in [-0.2, -0.15) is 5.10 Å². The Labute approximate surface area is 152 Å². The number of anilines is 1. The first-order chi connectivity index (χ1) is 12.6. The van der Waals surface area contributed by atoms with Crippen LogP contribution in [0, 0.1) is 0 Å². The van der Waals surface area contributed by atoms with Crippen molar-refractivity contribution in [2.75, 3.05) is 25.6 Å². The summed E-state index contributed by atoms with van der Waals surface area (Å²) in [5.41, 5.74) is 3.68. The summed E-state index contributed by atoms with van der Waals surface area (Å²) in [6, 6.07) is 12.2. The molecule has 0 atom stereocenters. The van der Waals surface area contributed by atoms with E-state index < -0.39 is 0 Å². The highest BCUT2D eigenvalue weighted by atomic mass is 16.5. The van der Waals surface area contributed by atoms with E-state index in [0.29, 0.717) is 17.9 Å². The quantitative estimate of drug-likeness (QED) is 0.474. The minimum Gasteiger partial charge on any atom is -0.507 e. The number of nitrogens with zero attached hydrogens (tertiary/aromatic N) is 1. The Balaban J connectivity index is 1.80. The first-order valence-electron chi connectivity index (χ1n) is 8.28. The van der Waals surface area contributed by atoms with Crippen LogP contribution in [0.4, 0.5) is 5.69 Å². The van der Waals surface area contributed by atoms with Crippen molar-refractivity contribution >= 4 is 17.8 Å². The van der Waals surface area contributed by atoms with Gasteiger partial charge in [0.25, 0.3) is 5.91 Å². The van der Waals surface area contributed by atoms with Gasteiger partial charge in [-0.05, 0) is 42.8 Å². The van der Waals surface area contributed by atoms with Crippen LogP contribution in [0.3, 0.4) is 0 Å². The molecule has 0 spiro atoms. The molecule has 0 heterocycles. The summed E-state index contributed by atoms with van der Waals surface area (Å²) in [6.07, 6.45) is 2.27. The highest BCUT2D eigenvalue weighted by Gasteiger charge is 2.03. The molecule has 2 aromatic rings. The van der Waals surface area contributed by atoms with Gasteiger partial charge in [-0.1, -0.05) is 6.92 Å². The van der Waals surface area contributed by atoms with Gasteiger partial charge in [0, 0.05) is 17.3 Å². The highest BCUT2D eigenvalue weighted by Crippen LogP contribution is 2.22. The topological polar surface area (TPSA) is 92.2 Å². The lowest BCUT2D eigenvalue weighted by molar-refractivity contribution is -0.119. The number of rotatable bonds is 9. The largest absolute Gasteiger partial charge is 0.507 e. The summed E-state index contributed by atoms with van der Waals surface area (Å²) >= 11 is 0. The Bertz CT molecular complexity index is 745. The third-order valence-corrected chi connectivity index (χ3v) is 3.41. The maximum Gasteiger partial charge on any atom is 0.259 e. The van der Waals surface area contributed by atoms with Gasteiger partial charge < -0.3 is 19.9 Å². The molecule has 7 heteroatoms. The van der Waals surface area contributed by atoms with Crippen molar-refractivity contribution < 1.29 is 19.4 Å². The van der Waals surface area contributed by atoms with Crippen molar-refractivity contribution in [2.45, 2.75) is 13.3 Å². The highest BCUT2D eigenvalue weighted by molar-refractivity contribution is 5.86. The Kier molecular flexibility index (Phi) is 7.30. The van der Waals surface area contributed by atoms with Gasteiger partial charge in [0.2, 0.25) is 0 Å². The Morgan fingerprint density at radius 2 is 1.92 bits per heavy atom. The number of carbonyl (C=O) groups excluding carboxylic acids is 1. The number of phenolic OH excluding ortho intramolecular Hbond substituents is 1. The van der Waals surface area contributed by atoms with E-state index >= 15 is 0 Å². The standard InChI is InChI=1S/C19H23N3O4/c1-3-10-26-17-7-4-14(18(23)11-17)12-21-22-19(24)13-20-15-5-8-16(25-2)9-6-15/h4-9,11-12,20,23H,3,10,13H2,1-2H3,(H,22,24)/b21-12+. The molecule has 0 saturated heterocycles. The smallest absolute Gasteiger partial charge is 0.259 e. The van der Waals surface area contributed by atoms with Gasteiger partial charge in [-0.15, -0.1) is 0 Å². The molecule has 7 nitrogen and oxygen atoms in total. The molecule has 0 fully saturated rings. The number of methoxy groups -OCH3 is 1. The van der Waals surface area contributed by atoms with Gasteiger partial charge >= 0.3 is 0 Å². The molecule has 2 rings (SSSR count). The second kappa shape index (κ2) is 9.93. The van der Waals surface area contributed by atoms with Gasteiger partial charge in [-0.25, -0.2) is 5.43 Å². The molecule has 1 amide bonds. The van der Waals surface area contributed by atoms with E-state index in [1.54, 1.807) is 31.4 Å². The molecule has 2 aromatic carbocycles. The van der Waals surface area contributed by atoms with Crippen molar-refractivity contribution in [3.8, 4) is 17.2 Å². The van der Waals surface area contributed by atoms with Crippen molar-refractivity contribution in [3.05, 3.63) is 48.0 Å². The zero-order chi connectivity index (χ0) is 18.8. The molecule has 0 aliphatic heterocycles. The molecule has 0 saturated carbocycles. The molecule has 3 N–H and O–H groups in total. The van der Waals surface area contributed by atoms with E-state index in [0.717, 1.165) is 17.9 Å². The van der Waals surface area contributed by atoms with Crippen LogP contribution in [0.5, 0.6) is 17.2 Å². The van der Waals surface area contributed by atoms with E-state index in [-0.39, 0.29) is 18.2 Å². The van der Waals surface area contributed by atoms with Crippen LogP contribution in [-0.2, 0) is 4.79 Å². The number of hydrazone groups is 1. The van der Waals surface area contributed by atoms with E-state index in [1.165, 1.54) is 12.3 Å². The molecule has 138 valence electrons. The number of carbonyl (C=O) groups is 1. The van der Waals surface area contributed by atoms with Gasteiger partial charge in [0.15, 0.2) is 0 Å². The van der Waals surface area contributed by atoms with Crippen molar-refractivity contribution in [1.82, 2.24) is 5.43 Å². The summed E-state index contributed by atoms with van der Waals surface area (Å²) in [4.78, 5) is 11.8. The third kappa shape index (κ3) is 6.01. The molecule has 26 heavy (non-hydrogen) atoms. The SMILES string of the molecule is CCCOc1ccc(/C=N/NC(=O)CNc2ccc(OC)cc2)c(O)c1. The molecular weight excluding hydrogens is 334 g/mol. The molecule has 0 bridgehead atoms. The molecule has 0 aliphatic rings. The summed E-state index contributed by atoms with van der Waals surface area (Å²) in [5.74, 6) is 1.07. The lowest BCUT2D eigenvalue weighted by atomic mass is 10.2. The Morgan fingerprint density at radius 3 is 2.58 bits per heavy atom. The number of nitrogens with one attached hydrogen (secondary N) is 2. The number of hydrogen-bond donors (Lipinski definition) is 3. The lowest BCUT2D eigenvalue weighted by Gasteiger charge is -2.07. The second-order valence-electron chi connectivity index (χ2n) is 5.44. The van der Waals surface area contributed by atoms with Crippen LogP contribution < -0.4 is 20.2 Å². The van der Waals surface area contributed by atoms with Crippen LogP contribution in [0.25, 0.3) is 0 Å². The number of aromatic hydroxyl groups is 1. The molecule has 0 aromatic heterocycles. The van der Waals surface area contributed by atoms with Gasteiger partial charge in [0.05, 0.1) is 26.5 Å². The van der Waals surface area contributed by atoms with Crippen LogP contribution in [-0.4, -0.2) is 37.5 Å². The predicted octanol–water partition coefficient (Wildman–Crippen LogP) is 2.75. The predicted molar refractivity (Wildman–Crippen MR) is 101 cm³/mol. The average Bonchev–Trinajstić information content (AvgIpc) is 2.66. The van der Waals surface area contributed by atoms with E-state index in [1.807, 2.05) is 19.1 Å². The molecule has 0 radical (unpaired) electrons. The van der Waals surface area contributed by atoms with Crippen molar-refractivity contribution in [1.29, 1.82) is 0 Å². The Morgan fingerprint density at radius 1 is 1.19 bits per heavy atom. The third-order valence-electron chi connectivity index (χ3n) is 3.41. The van der Waals surface area contributed by atoms with Crippen LogP contribution in [0.15, 0.2) is 47.6 Å². The zero-order valence-corrected chi connectivity index (χ0v) is 14.9. The minimum absolute atomic E-state index is 0.0351. The summed E-state index contributed by atoms with van der Waals surface area (Å²) in [5, 5.41) is 16.8. The van der Waals surface area contributed by atoms with Crippen molar-refractivity contribution in [2.24, 2.45) is 5.10 Å². The Hall–Kier alpha value is -3.22. The first kappa shape index (κ1) is 19.1. The fourth-order valence-corrected chi connectivity index (χ4v) is 2.05. The van der Waals surface area contributed by atoms with E-state index in [2.05, 4.69) is 15.8 Å². The summed E-state index contributed by atoms with van der Waals surface area (Å²) < 4.78 is 10.5. The number of hydrogen-bond acceptors (Lipinski definition) is 6. The van der Waals surface area contributed by atoms with Gasteiger partial charge in [0.1, 0.15) is 17.2 Å².